The van der Waals surface area contributed by atoms with Crippen LogP contribution in [0, 0.1) is 11.3 Å². The molecule has 1 atom stereocenters. The maximum absolute atomic E-state index is 2.37. The van der Waals surface area contributed by atoms with Gasteiger partial charge in [0.2, 0.25) is 0 Å². The Morgan fingerprint density at radius 1 is 1.31 bits per heavy atom. The van der Waals surface area contributed by atoms with Crippen LogP contribution in [0.4, 0.5) is 0 Å². The third-order valence-electron chi connectivity index (χ3n) is 2.75. The van der Waals surface area contributed by atoms with E-state index in [-0.39, 0.29) is 0 Å². The molecular weight excluding hydrogens is 158 g/mol. The fraction of sp³-hybridized carbons (Fsp3) is 0.833. The molecule has 0 heterocycles. The second kappa shape index (κ2) is 5.31. The second-order valence-electron chi connectivity index (χ2n) is 4.84. The Bertz CT molecular complexity index is 153. The lowest BCUT2D eigenvalue weighted by Crippen LogP contribution is -2.30. The minimum Gasteiger partial charge on any atom is -0.378 e. The number of hydrogen-bond acceptors (Lipinski definition) is 1. The summed E-state index contributed by atoms with van der Waals surface area (Å²) in [6, 6.07) is 0. The van der Waals surface area contributed by atoms with E-state index in [1.165, 1.54) is 0 Å². The van der Waals surface area contributed by atoms with Crippen molar-refractivity contribution in [3.63, 3.8) is 0 Å². The first kappa shape index (κ1) is 12.5. The van der Waals surface area contributed by atoms with Gasteiger partial charge in [0, 0.05) is 13.1 Å². The van der Waals surface area contributed by atoms with Crippen LogP contribution in [0.5, 0.6) is 0 Å². The zero-order valence-electron chi connectivity index (χ0n) is 10.1. The fourth-order valence-corrected chi connectivity index (χ4v) is 1.13. The molecule has 0 aliphatic rings. The Kier molecular flexibility index (Phi) is 5.12. The standard InChI is InChI=1S/C12H25N/c1-7-9-13(8-2)10-11(3)12(4,5)6/h7,9,11H,8,10H2,1-6H3/b9-7+. The maximum atomic E-state index is 2.37. The molecule has 1 unspecified atom stereocenters. The van der Waals surface area contributed by atoms with Gasteiger partial charge in [-0.05, 0) is 31.4 Å². The maximum Gasteiger partial charge on any atom is 0.0202 e. The summed E-state index contributed by atoms with van der Waals surface area (Å²) in [5.74, 6) is 0.726. The molecule has 0 bridgehead atoms. The highest BCUT2D eigenvalue weighted by molar-refractivity contribution is 4.81. The number of rotatable bonds is 4. The molecular formula is C12H25N. The predicted octanol–water partition coefficient (Wildman–Crippen LogP) is 3.52. The molecule has 0 aromatic rings. The molecule has 0 N–H and O–H groups in total. The van der Waals surface area contributed by atoms with Crippen LogP contribution in [-0.2, 0) is 0 Å². The van der Waals surface area contributed by atoms with Gasteiger partial charge in [0.1, 0.15) is 0 Å². The third kappa shape index (κ3) is 4.97. The van der Waals surface area contributed by atoms with Crippen LogP contribution in [0.3, 0.4) is 0 Å². The summed E-state index contributed by atoms with van der Waals surface area (Å²) in [6.07, 6.45) is 4.29. The molecule has 0 radical (unpaired) electrons. The molecule has 0 aromatic heterocycles. The third-order valence-corrected chi connectivity index (χ3v) is 2.75. The smallest absolute Gasteiger partial charge is 0.0202 e. The van der Waals surface area contributed by atoms with Crippen molar-refractivity contribution in [1.29, 1.82) is 0 Å². The quantitative estimate of drug-likeness (QED) is 0.644. The molecule has 0 saturated heterocycles. The van der Waals surface area contributed by atoms with E-state index in [1.54, 1.807) is 0 Å². The average Bonchev–Trinajstić information content (AvgIpc) is 2.01. The van der Waals surface area contributed by atoms with Crippen LogP contribution < -0.4 is 0 Å². The normalized spacial score (nSPS) is 14.9. The van der Waals surface area contributed by atoms with Crippen LogP contribution in [0.2, 0.25) is 0 Å². The van der Waals surface area contributed by atoms with E-state index in [1.807, 2.05) is 0 Å². The lowest BCUT2D eigenvalue weighted by molar-refractivity contribution is 0.200. The van der Waals surface area contributed by atoms with E-state index in [9.17, 15) is 0 Å². The van der Waals surface area contributed by atoms with Crippen molar-refractivity contribution in [2.24, 2.45) is 11.3 Å². The predicted molar refractivity (Wildman–Crippen MR) is 60.7 cm³/mol. The zero-order chi connectivity index (χ0) is 10.5. The minimum absolute atomic E-state index is 0.412. The SMILES string of the molecule is C/C=C/N(CC)CC(C)C(C)(C)C. The average molecular weight is 183 g/mol. The number of allylic oxidation sites excluding steroid dienone is 1. The largest absolute Gasteiger partial charge is 0.378 e. The van der Waals surface area contributed by atoms with E-state index in [0.29, 0.717) is 5.41 Å². The van der Waals surface area contributed by atoms with E-state index in [4.69, 9.17) is 0 Å². The summed E-state index contributed by atoms with van der Waals surface area (Å²) in [5.41, 5.74) is 0.412. The Morgan fingerprint density at radius 2 is 1.85 bits per heavy atom. The van der Waals surface area contributed by atoms with Crippen molar-refractivity contribution < 1.29 is 0 Å². The van der Waals surface area contributed by atoms with E-state index < -0.39 is 0 Å². The van der Waals surface area contributed by atoms with Gasteiger partial charge in [-0.1, -0.05) is 33.8 Å². The summed E-state index contributed by atoms with van der Waals surface area (Å²) < 4.78 is 0. The van der Waals surface area contributed by atoms with Crippen LogP contribution >= 0.6 is 0 Å². The van der Waals surface area contributed by atoms with Crippen LogP contribution in [0.1, 0.15) is 41.5 Å². The van der Waals surface area contributed by atoms with Gasteiger partial charge >= 0.3 is 0 Å². The summed E-state index contributed by atoms with van der Waals surface area (Å²) in [4.78, 5) is 2.37. The highest BCUT2D eigenvalue weighted by atomic mass is 15.1. The van der Waals surface area contributed by atoms with Gasteiger partial charge in [-0.3, -0.25) is 0 Å². The summed E-state index contributed by atoms with van der Waals surface area (Å²) in [6.45, 7) is 15.8. The summed E-state index contributed by atoms with van der Waals surface area (Å²) >= 11 is 0. The molecule has 0 rings (SSSR count). The van der Waals surface area contributed by atoms with Crippen molar-refractivity contribution in [3.05, 3.63) is 12.3 Å². The van der Waals surface area contributed by atoms with Crippen molar-refractivity contribution in [1.82, 2.24) is 4.90 Å². The monoisotopic (exact) mass is 183 g/mol. The Labute approximate surface area is 83.8 Å². The zero-order valence-corrected chi connectivity index (χ0v) is 10.1. The first-order valence-corrected chi connectivity index (χ1v) is 5.28. The molecule has 1 nitrogen and oxygen atoms in total. The van der Waals surface area contributed by atoms with Crippen molar-refractivity contribution >= 4 is 0 Å². The van der Waals surface area contributed by atoms with Gasteiger partial charge < -0.3 is 4.90 Å². The van der Waals surface area contributed by atoms with Gasteiger partial charge in [0.15, 0.2) is 0 Å². The van der Waals surface area contributed by atoms with Gasteiger partial charge in [0.25, 0.3) is 0 Å². The Hall–Kier alpha value is -0.460. The van der Waals surface area contributed by atoms with Gasteiger partial charge in [0.05, 0.1) is 0 Å². The molecule has 13 heavy (non-hydrogen) atoms. The summed E-state index contributed by atoms with van der Waals surface area (Å²) in [7, 11) is 0. The van der Waals surface area contributed by atoms with Crippen molar-refractivity contribution in [3.8, 4) is 0 Å². The molecule has 0 spiro atoms. The number of nitrogens with zero attached hydrogens (tertiary/aromatic N) is 1. The van der Waals surface area contributed by atoms with E-state index in [0.717, 1.165) is 19.0 Å². The Morgan fingerprint density at radius 3 is 2.15 bits per heavy atom. The molecule has 1 heteroatoms. The molecule has 0 saturated carbocycles. The number of hydrogen-bond donors (Lipinski definition) is 0. The van der Waals surface area contributed by atoms with Crippen LogP contribution in [-0.4, -0.2) is 18.0 Å². The lowest BCUT2D eigenvalue weighted by Gasteiger charge is -2.32. The first-order chi connectivity index (χ1) is 5.91. The molecule has 0 fully saturated rings. The highest BCUT2D eigenvalue weighted by Gasteiger charge is 2.20. The van der Waals surface area contributed by atoms with E-state index in [2.05, 4.69) is 58.7 Å². The van der Waals surface area contributed by atoms with Gasteiger partial charge in [-0.2, -0.15) is 0 Å². The molecule has 0 aliphatic carbocycles. The lowest BCUT2D eigenvalue weighted by atomic mass is 9.82. The van der Waals surface area contributed by atoms with Crippen molar-refractivity contribution in [2.75, 3.05) is 13.1 Å². The highest BCUT2D eigenvalue weighted by Crippen LogP contribution is 2.25. The molecule has 78 valence electrons. The fourth-order valence-electron chi connectivity index (χ4n) is 1.13. The Balaban J connectivity index is 4.09. The molecule has 0 amide bonds. The van der Waals surface area contributed by atoms with Gasteiger partial charge in [-0.25, -0.2) is 0 Å². The first-order valence-electron chi connectivity index (χ1n) is 5.28. The van der Waals surface area contributed by atoms with Gasteiger partial charge in [-0.15, -0.1) is 0 Å². The minimum atomic E-state index is 0.412. The molecule has 0 aromatic carbocycles. The molecule has 0 aliphatic heterocycles. The van der Waals surface area contributed by atoms with Crippen molar-refractivity contribution in [2.45, 2.75) is 41.5 Å². The summed E-state index contributed by atoms with van der Waals surface area (Å²) in [5, 5.41) is 0. The van der Waals surface area contributed by atoms with E-state index >= 15 is 0 Å². The topological polar surface area (TPSA) is 3.24 Å². The van der Waals surface area contributed by atoms with Crippen LogP contribution in [0.25, 0.3) is 0 Å². The second-order valence-corrected chi connectivity index (χ2v) is 4.84. The van der Waals surface area contributed by atoms with Crippen LogP contribution in [0.15, 0.2) is 12.3 Å².